The van der Waals surface area contributed by atoms with Gasteiger partial charge in [0.2, 0.25) is 5.91 Å². The predicted molar refractivity (Wildman–Crippen MR) is 102 cm³/mol. The molecule has 0 bridgehead atoms. The third-order valence-electron chi connectivity index (χ3n) is 4.95. The van der Waals surface area contributed by atoms with E-state index in [1.807, 2.05) is 29.2 Å². The number of aryl methyl sites for hydroxylation is 1. The van der Waals surface area contributed by atoms with Crippen LogP contribution >= 0.6 is 0 Å². The largest absolute Gasteiger partial charge is 0.399 e. The first-order valence-corrected chi connectivity index (χ1v) is 9.10. The van der Waals surface area contributed by atoms with E-state index in [4.69, 9.17) is 5.73 Å². The Morgan fingerprint density at radius 3 is 2.28 bits per heavy atom. The van der Waals surface area contributed by atoms with E-state index in [2.05, 4.69) is 35.2 Å². The molecule has 1 fully saturated rings. The fraction of sp³-hybridized carbons (Fsp3) is 0.381. The van der Waals surface area contributed by atoms with Crippen molar-refractivity contribution in [1.82, 2.24) is 9.80 Å². The highest BCUT2D eigenvalue weighted by molar-refractivity contribution is 5.76. The molecule has 0 radical (unpaired) electrons. The van der Waals surface area contributed by atoms with Gasteiger partial charge in [0, 0.05) is 44.8 Å². The summed E-state index contributed by atoms with van der Waals surface area (Å²) in [6, 6.07) is 18.4. The number of para-hydroxylation sites is 1. The number of piperazine rings is 1. The Morgan fingerprint density at radius 1 is 0.880 bits per heavy atom. The Hall–Kier alpha value is -2.33. The summed E-state index contributed by atoms with van der Waals surface area (Å²) in [6.07, 6.45) is 2.33. The van der Waals surface area contributed by atoms with Gasteiger partial charge >= 0.3 is 0 Å². The van der Waals surface area contributed by atoms with Gasteiger partial charge in [-0.25, -0.2) is 0 Å². The number of carbonyl (C=O) groups is 1. The summed E-state index contributed by atoms with van der Waals surface area (Å²) < 4.78 is 0. The molecule has 1 saturated heterocycles. The summed E-state index contributed by atoms with van der Waals surface area (Å²) in [5, 5.41) is 0. The van der Waals surface area contributed by atoms with E-state index in [0.717, 1.165) is 56.8 Å². The summed E-state index contributed by atoms with van der Waals surface area (Å²) >= 11 is 0. The van der Waals surface area contributed by atoms with Crippen LogP contribution in [-0.2, 0) is 17.6 Å². The molecule has 0 aliphatic carbocycles. The summed E-state index contributed by atoms with van der Waals surface area (Å²) in [5.41, 5.74) is 9.18. The lowest BCUT2D eigenvalue weighted by molar-refractivity contribution is -0.132. The molecule has 2 aromatic carbocycles. The van der Waals surface area contributed by atoms with Gasteiger partial charge in [0.25, 0.3) is 0 Å². The van der Waals surface area contributed by atoms with Crippen molar-refractivity contribution < 1.29 is 4.79 Å². The van der Waals surface area contributed by atoms with E-state index in [0.29, 0.717) is 6.42 Å². The van der Waals surface area contributed by atoms with Crippen LogP contribution in [0.5, 0.6) is 0 Å². The van der Waals surface area contributed by atoms with Gasteiger partial charge in [0.05, 0.1) is 0 Å². The summed E-state index contributed by atoms with van der Waals surface area (Å²) in [4.78, 5) is 16.9. The first-order chi connectivity index (χ1) is 12.2. The molecule has 132 valence electrons. The fourth-order valence-corrected chi connectivity index (χ4v) is 3.31. The smallest absolute Gasteiger partial charge is 0.222 e. The third kappa shape index (κ3) is 5.07. The number of amides is 1. The molecule has 1 amide bonds. The van der Waals surface area contributed by atoms with Crippen LogP contribution in [0.3, 0.4) is 0 Å². The van der Waals surface area contributed by atoms with Gasteiger partial charge in [-0.2, -0.15) is 0 Å². The predicted octanol–water partition coefficient (Wildman–Crippen LogP) is 2.59. The van der Waals surface area contributed by atoms with E-state index in [1.54, 1.807) is 0 Å². The Balaban J connectivity index is 1.39. The maximum Gasteiger partial charge on any atom is 0.222 e. The molecule has 2 N–H and O–H groups in total. The van der Waals surface area contributed by atoms with Crippen LogP contribution < -0.4 is 5.73 Å². The summed E-state index contributed by atoms with van der Waals surface area (Å²) in [6.45, 7) is 4.65. The summed E-state index contributed by atoms with van der Waals surface area (Å²) in [7, 11) is 0. The maximum atomic E-state index is 12.4. The Kier molecular flexibility index (Phi) is 6.07. The van der Waals surface area contributed by atoms with Crippen molar-refractivity contribution in [3.63, 3.8) is 0 Å². The van der Waals surface area contributed by atoms with Crippen molar-refractivity contribution in [3.8, 4) is 0 Å². The summed E-state index contributed by atoms with van der Waals surface area (Å²) in [5.74, 6) is 0.242. The number of rotatable bonds is 6. The number of carbonyl (C=O) groups excluding carboxylic acids is 1. The molecule has 0 spiro atoms. The lowest BCUT2D eigenvalue weighted by Crippen LogP contribution is -2.49. The molecule has 0 saturated carbocycles. The fourth-order valence-electron chi connectivity index (χ4n) is 3.31. The Morgan fingerprint density at radius 2 is 1.56 bits per heavy atom. The second kappa shape index (κ2) is 8.67. The van der Waals surface area contributed by atoms with Gasteiger partial charge in [-0.15, -0.1) is 0 Å². The van der Waals surface area contributed by atoms with E-state index in [-0.39, 0.29) is 5.91 Å². The molecular formula is C21H27N3O. The molecular weight excluding hydrogens is 310 g/mol. The molecule has 2 aromatic rings. The molecule has 4 heteroatoms. The highest BCUT2D eigenvalue weighted by Crippen LogP contribution is 2.14. The molecule has 1 heterocycles. The highest BCUT2D eigenvalue weighted by atomic mass is 16.2. The van der Waals surface area contributed by atoms with Gasteiger partial charge in [-0.3, -0.25) is 9.69 Å². The van der Waals surface area contributed by atoms with Gasteiger partial charge in [0.1, 0.15) is 0 Å². The minimum atomic E-state index is 0.242. The normalized spacial score (nSPS) is 15.3. The second-order valence-corrected chi connectivity index (χ2v) is 6.66. The number of benzene rings is 2. The SMILES string of the molecule is Nc1ccccc1CCC(=O)N1CCN(CCc2ccccc2)CC1. The molecule has 1 aliphatic rings. The standard InChI is InChI=1S/C21H27N3O/c22-20-9-5-4-8-19(20)10-11-21(25)24-16-14-23(15-17-24)13-12-18-6-2-1-3-7-18/h1-9H,10-17,22H2. The van der Waals surface area contributed by atoms with Crippen LogP contribution in [0, 0.1) is 0 Å². The maximum absolute atomic E-state index is 12.4. The first-order valence-electron chi connectivity index (χ1n) is 9.10. The van der Waals surface area contributed by atoms with Crippen molar-refractivity contribution in [2.45, 2.75) is 19.3 Å². The van der Waals surface area contributed by atoms with E-state index in [1.165, 1.54) is 5.56 Å². The van der Waals surface area contributed by atoms with Crippen LogP contribution in [-0.4, -0.2) is 48.4 Å². The molecule has 25 heavy (non-hydrogen) atoms. The molecule has 0 atom stereocenters. The van der Waals surface area contributed by atoms with Gasteiger partial charge < -0.3 is 10.6 Å². The van der Waals surface area contributed by atoms with Crippen molar-refractivity contribution in [2.75, 3.05) is 38.5 Å². The minimum Gasteiger partial charge on any atom is -0.399 e. The zero-order valence-electron chi connectivity index (χ0n) is 14.7. The average molecular weight is 337 g/mol. The number of nitrogens with two attached hydrogens (primary N) is 1. The van der Waals surface area contributed by atoms with Crippen molar-refractivity contribution in [2.24, 2.45) is 0 Å². The molecule has 1 aliphatic heterocycles. The number of hydrogen-bond donors (Lipinski definition) is 1. The molecule has 0 aromatic heterocycles. The quantitative estimate of drug-likeness (QED) is 0.824. The lowest BCUT2D eigenvalue weighted by Gasteiger charge is -2.34. The Labute approximate surface area is 150 Å². The molecule has 4 nitrogen and oxygen atoms in total. The third-order valence-corrected chi connectivity index (χ3v) is 4.95. The second-order valence-electron chi connectivity index (χ2n) is 6.66. The Bertz CT molecular complexity index is 679. The number of nitrogens with zero attached hydrogens (tertiary/aromatic N) is 2. The van der Waals surface area contributed by atoms with Gasteiger partial charge in [0.15, 0.2) is 0 Å². The highest BCUT2D eigenvalue weighted by Gasteiger charge is 2.20. The number of anilines is 1. The van der Waals surface area contributed by atoms with Crippen molar-refractivity contribution in [3.05, 3.63) is 65.7 Å². The van der Waals surface area contributed by atoms with Crippen LogP contribution in [0.25, 0.3) is 0 Å². The molecule has 3 rings (SSSR count). The van der Waals surface area contributed by atoms with Crippen LogP contribution in [0.15, 0.2) is 54.6 Å². The van der Waals surface area contributed by atoms with Gasteiger partial charge in [-0.1, -0.05) is 48.5 Å². The van der Waals surface area contributed by atoms with Crippen molar-refractivity contribution >= 4 is 11.6 Å². The van der Waals surface area contributed by atoms with Crippen LogP contribution in [0.1, 0.15) is 17.5 Å². The van der Waals surface area contributed by atoms with E-state index < -0.39 is 0 Å². The van der Waals surface area contributed by atoms with Crippen LogP contribution in [0.4, 0.5) is 5.69 Å². The van der Waals surface area contributed by atoms with Crippen LogP contribution in [0.2, 0.25) is 0 Å². The van der Waals surface area contributed by atoms with E-state index >= 15 is 0 Å². The van der Waals surface area contributed by atoms with Gasteiger partial charge in [-0.05, 0) is 30.0 Å². The monoisotopic (exact) mass is 337 g/mol. The zero-order valence-corrected chi connectivity index (χ0v) is 14.7. The van der Waals surface area contributed by atoms with E-state index in [9.17, 15) is 4.79 Å². The average Bonchev–Trinajstić information content (AvgIpc) is 2.67. The lowest BCUT2D eigenvalue weighted by atomic mass is 10.1. The topological polar surface area (TPSA) is 49.6 Å². The zero-order chi connectivity index (χ0) is 17.5. The van der Waals surface area contributed by atoms with Crippen molar-refractivity contribution in [1.29, 1.82) is 0 Å². The number of nitrogen functional groups attached to an aromatic ring is 1. The minimum absolute atomic E-state index is 0.242. The number of hydrogen-bond acceptors (Lipinski definition) is 3. The molecule has 0 unspecified atom stereocenters. The first kappa shape index (κ1) is 17.5.